The molecule has 0 bridgehead atoms. The zero-order valence-corrected chi connectivity index (χ0v) is 16.7. The lowest BCUT2D eigenvalue weighted by Crippen LogP contribution is -2.38. The summed E-state index contributed by atoms with van der Waals surface area (Å²) in [7, 11) is 1.75. The van der Waals surface area contributed by atoms with Crippen LogP contribution in [0.4, 0.5) is 4.79 Å². The highest BCUT2D eigenvalue weighted by atomic mass is 16.6. The van der Waals surface area contributed by atoms with Gasteiger partial charge in [0.15, 0.2) is 0 Å². The quantitative estimate of drug-likeness (QED) is 0.766. The lowest BCUT2D eigenvalue weighted by atomic mass is 10.1. The molecule has 0 radical (unpaired) electrons. The first kappa shape index (κ1) is 22.7. The fourth-order valence-corrected chi connectivity index (χ4v) is 1.96. The first-order chi connectivity index (χ1) is 11.5. The molecule has 1 amide bonds. The van der Waals surface area contributed by atoms with E-state index in [-0.39, 0.29) is 18.4 Å². The molecule has 1 aromatic heterocycles. The standard InChI is InChI=1S/C16H26N4O3.C2H6/c1-8-12(17)13-11(3)19-20(7)14(13)22-10(2)9-18-15(21)23-16(4,5)6;1-2/h8,10,17H,1,9H2,2-7H3,(H,18,21);1-2H3. The number of amides is 1. The van der Waals surface area contributed by atoms with Crippen LogP contribution in [0.25, 0.3) is 0 Å². The van der Waals surface area contributed by atoms with Gasteiger partial charge in [0, 0.05) is 7.05 Å². The van der Waals surface area contributed by atoms with Crippen LogP contribution in [0.1, 0.15) is 52.8 Å². The van der Waals surface area contributed by atoms with E-state index < -0.39 is 11.7 Å². The maximum atomic E-state index is 11.7. The number of nitrogens with zero attached hydrogens (tertiary/aromatic N) is 2. The molecule has 0 aliphatic rings. The molecule has 0 aromatic carbocycles. The van der Waals surface area contributed by atoms with Crippen molar-refractivity contribution < 1.29 is 14.3 Å². The Morgan fingerprint density at radius 2 is 2.00 bits per heavy atom. The fraction of sp³-hybridized carbons (Fsp3) is 0.611. The van der Waals surface area contributed by atoms with E-state index in [4.69, 9.17) is 14.9 Å². The number of ether oxygens (including phenoxy) is 2. The Labute approximate surface area is 150 Å². The van der Waals surface area contributed by atoms with Crippen LogP contribution in [-0.2, 0) is 11.8 Å². The summed E-state index contributed by atoms with van der Waals surface area (Å²) in [5.41, 5.74) is 1.00. The maximum Gasteiger partial charge on any atom is 0.407 e. The van der Waals surface area contributed by atoms with E-state index in [2.05, 4.69) is 17.0 Å². The monoisotopic (exact) mass is 352 g/mol. The van der Waals surface area contributed by atoms with E-state index >= 15 is 0 Å². The fourth-order valence-electron chi connectivity index (χ4n) is 1.96. The first-order valence-electron chi connectivity index (χ1n) is 8.43. The number of carbonyl (C=O) groups excluding carboxylic acids is 1. The van der Waals surface area contributed by atoms with Crippen molar-refractivity contribution in [3.63, 3.8) is 0 Å². The molecule has 0 fully saturated rings. The molecule has 1 atom stereocenters. The Morgan fingerprint density at radius 3 is 2.48 bits per heavy atom. The predicted molar refractivity (Wildman–Crippen MR) is 101 cm³/mol. The second-order valence-corrected chi connectivity index (χ2v) is 6.32. The minimum atomic E-state index is -0.542. The Morgan fingerprint density at radius 1 is 1.44 bits per heavy atom. The summed E-state index contributed by atoms with van der Waals surface area (Å²) in [6.45, 7) is 16.9. The number of nitrogens with one attached hydrogen (secondary N) is 2. The molecule has 2 N–H and O–H groups in total. The second-order valence-electron chi connectivity index (χ2n) is 6.32. The Bertz CT molecular complexity index is 600. The van der Waals surface area contributed by atoms with Crippen molar-refractivity contribution in [1.82, 2.24) is 15.1 Å². The molecule has 142 valence electrons. The number of alkyl carbamates (subject to hydrolysis) is 1. The van der Waals surface area contributed by atoms with Crippen molar-refractivity contribution in [3.05, 3.63) is 23.9 Å². The summed E-state index contributed by atoms with van der Waals surface area (Å²) >= 11 is 0. The van der Waals surface area contributed by atoms with Gasteiger partial charge in [-0.1, -0.05) is 20.4 Å². The molecule has 7 nitrogen and oxygen atoms in total. The minimum absolute atomic E-state index is 0.248. The summed E-state index contributed by atoms with van der Waals surface area (Å²) < 4.78 is 12.6. The number of rotatable bonds is 6. The van der Waals surface area contributed by atoms with Crippen molar-refractivity contribution in [3.8, 4) is 5.88 Å². The zero-order valence-electron chi connectivity index (χ0n) is 16.7. The van der Waals surface area contributed by atoms with Crippen molar-refractivity contribution in [2.45, 2.75) is 60.2 Å². The van der Waals surface area contributed by atoms with Crippen LogP contribution in [-0.4, -0.2) is 39.8 Å². The lowest BCUT2D eigenvalue weighted by molar-refractivity contribution is 0.0503. The summed E-state index contributed by atoms with van der Waals surface area (Å²) in [6.07, 6.45) is 0.641. The third kappa shape index (κ3) is 7.41. The number of aryl methyl sites for hydroxylation is 2. The average Bonchev–Trinajstić information content (AvgIpc) is 2.79. The first-order valence-corrected chi connectivity index (χ1v) is 8.43. The number of carbonyl (C=O) groups is 1. The van der Waals surface area contributed by atoms with Gasteiger partial charge in [-0.25, -0.2) is 9.48 Å². The van der Waals surface area contributed by atoms with Gasteiger partial charge in [0.1, 0.15) is 11.7 Å². The molecule has 25 heavy (non-hydrogen) atoms. The van der Waals surface area contributed by atoms with Gasteiger partial charge in [0.05, 0.1) is 23.5 Å². The Kier molecular flexibility index (Phi) is 8.95. The summed E-state index contributed by atoms with van der Waals surface area (Å²) in [4.78, 5) is 11.7. The molecular weight excluding hydrogens is 320 g/mol. The minimum Gasteiger partial charge on any atom is -0.472 e. The van der Waals surface area contributed by atoms with Gasteiger partial charge in [0.25, 0.3) is 0 Å². The summed E-state index contributed by atoms with van der Waals surface area (Å²) in [6, 6.07) is 0. The molecular formula is C18H32N4O3. The van der Waals surface area contributed by atoms with Crippen LogP contribution >= 0.6 is 0 Å². The number of aromatic nitrogens is 2. The third-order valence-electron chi connectivity index (χ3n) is 2.89. The van der Waals surface area contributed by atoms with Crippen molar-refractivity contribution in [2.75, 3.05) is 6.54 Å². The van der Waals surface area contributed by atoms with Crippen LogP contribution in [0, 0.1) is 12.3 Å². The van der Waals surface area contributed by atoms with Crippen LogP contribution in [0.2, 0.25) is 0 Å². The van der Waals surface area contributed by atoms with Gasteiger partial charge in [-0.15, -0.1) is 0 Å². The molecule has 1 aromatic rings. The average molecular weight is 352 g/mol. The second kappa shape index (κ2) is 9.86. The number of allylic oxidation sites excluding steroid dienone is 1. The van der Waals surface area contributed by atoms with Crippen LogP contribution < -0.4 is 10.1 Å². The summed E-state index contributed by atoms with van der Waals surface area (Å²) in [5.74, 6) is 0.478. The molecule has 0 aliphatic heterocycles. The SMILES string of the molecule is C=CC(=N)c1c(C)nn(C)c1OC(C)CNC(=O)OC(C)(C)C.CC. The molecule has 1 rings (SSSR count). The van der Waals surface area contributed by atoms with E-state index in [1.54, 1.807) is 32.5 Å². The summed E-state index contributed by atoms with van der Waals surface area (Å²) in [5, 5.41) is 14.9. The van der Waals surface area contributed by atoms with E-state index in [0.717, 1.165) is 0 Å². The molecule has 0 aliphatic carbocycles. The molecule has 0 saturated heterocycles. The highest BCUT2D eigenvalue weighted by Gasteiger charge is 2.21. The van der Waals surface area contributed by atoms with E-state index in [0.29, 0.717) is 17.1 Å². The van der Waals surface area contributed by atoms with Gasteiger partial charge in [-0.2, -0.15) is 5.10 Å². The lowest BCUT2D eigenvalue weighted by Gasteiger charge is -2.21. The van der Waals surface area contributed by atoms with Gasteiger partial charge in [-0.3, -0.25) is 0 Å². The molecule has 0 saturated carbocycles. The van der Waals surface area contributed by atoms with Crippen LogP contribution in [0.3, 0.4) is 0 Å². The van der Waals surface area contributed by atoms with E-state index in [9.17, 15) is 4.79 Å². The molecule has 1 unspecified atom stereocenters. The normalized spacial score (nSPS) is 11.7. The van der Waals surface area contributed by atoms with E-state index in [1.807, 2.05) is 27.7 Å². The molecule has 1 heterocycles. The molecule has 7 heteroatoms. The highest BCUT2D eigenvalue weighted by molar-refractivity contribution is 6.08. The topological polar surface area (TPSA) is 89.2 Å². The number of hydrogen-bond acceptors (Lipinski definition) is 5. The van der Waals surface area contributed by atoms with Crippen LogP contribution in [0.15, 0.2) is 12.7 Å². The van der Waals surface area contributed by atoms with Crippen molar-refractivity contribution in [2.24, 2.45) is 7.05 Å². The maximum absolute atomic E-state index is 11.7. The number of hydrogen-bond donors (Lipinski definition) is 2. The van der Waals surface area contributed by atoms with Gasteiger partial charge >= 0.3 is 6.09 Å². The van der Waals surface area contributed by atoms with Gasteiger partial charge < -0.3 is 20.2 Å². The van der Waals surface area contributed by atoms with Gasteiger partial charge in [-0.05, 0) is 40.7 Å². The highest BCUT2D eigenvalue weighted by Crippen LogP contribution is 2.23. The predicted octanol–water partition coefficient (Wildman–Crippen LogP) is 3.60. The molecule has 0 spiro atoms. The smallest absolute Gasteiger partial charge is 0.407 e. The zero-order chi connectivity index (χ0) is 19.8. The largest absolute Gasteiger partial charge is 0.472 e. The Hall–Kier alpha value is -2.31. The third-order valence-corrected chi connectivity index (χ3v) is 2.89. The van der Waals surface area contributed by atoms with Gasteiger partial charge in [0.2, 0.25) is 5.88 Å². The van der Waals surface area contributed by atoms with Crippen LogP contribution in [0.5, 0.6) is 5.88 Å². The van der Waals surface area contributed by atoms with Crippen molar-refractivity contribution in [1.29, 1.82) is 5.41 Å². The van der Waals surface area contributed by atoms with Crippen molar-refractivity contribution >= 4 is 11.8 Å². The van der Waals surface area contributed by atoms with E-state index in [1.165, 1.54) is 6.08 Å². The Balaban J connectivity index is 0.00000277.